The van der Waals surface area contributed by atoms with Gasteiger partial charge in [-0.05, 0) is 72.3 Å². The molecule has 0 bridgehead atoms. The first-order valence-corrected chi connectivity index (χ1v) is 18.0. The lowest BCUT2D eigenvalue weighted by molar-refractivity contribution is -0.114. The van der Waals surface area contributed by atoms with Crippen LogP contribution in [-0.4, -0.2) is 37.0 Å². The van der Waals surface area contributed by atoms with Crippen LogP contribution >= 0.6 is 0 Å². The third-order valence-corrected chi connectivity index (χ3v) is 10.5. The molecule has 0 aliphatic carbocycles. The first-order valence-electron chi connectivity index (χ1n) is 15.0. The van der Waals surface area contributed by atoms with E-state index in [0.717, 1.165) is 5.56 Å². The lowest BCUT2D eigenvalue weighted by Crippen LogP contribution is -2.31. The van der Waals surface area contributed by atoms with Crippen molar-refractivity contribution in [1.82, 2.24) is 0 Å². The summed E-state index contributed by atoms with van der Waals surface area (Å²) in [5.74, 6) is -0.265. The van der Waals surface area contributed by atoms with Gasteiger partial charge in [-0.1, -0.05) is 66.7 Å². The molecule has 0 saturated carbocycles. The molecular weight excluding hydrogens is 665 g/mol. The van der Waals surface area contributed by atoms with Crippen LogP contribution in [0.4, 0.5) is 22.7 Å². The van der Waals surface area contributed by atoms with E-state index in [4.69, 9.17) is 9.47 Å². The number of anilines is 4. The molecule has 1 heterocycles. The fourth-order valence-corrected chi connectivity index (χ4v) is 7.91. The Morgan fingerprint density at radius 1 is 0.592 bits per heavy atom. The third-order valence-electron chi connectivity index (χ3n) is 7.69. The lowest BCUT2D eigenvalue weighted by Gasteiger charge is -2.26. The Morgan fingerprint density at radius 2 is 1.08 bits per heavy atom. The smallest absolute Gasteiger partial charge is 0.275 e. The molecular formula is C36H32N4O7S2. The number of hydrogen-bond donors (Lipinski definition) is 3. The Morgan fingerprint density at radius 3 is 1.61 bits per heavy atom. The van der Waals surface area contributed by atoms with Gasteiger partial charge in [-0.15, -0.1) is 0 Å². The zero-order chi connectivity index (χ0) is 34.6. The Bertz CT molecular complexity index is 2230. The van der Waals surface area contributed by atoms with E-state index in [-0.39, 0.29) is 27.0 Å². The summed E-state index contributed by atoms with van der Waals surface area (Å²) in [4.78, 5) is 15.4. The molecule has 1 atom stereocenters. The topological polar surface area (TPSA) is 143 Å². The first-order chi connectivity index (χ1) is 23.6. The standard InChI is InChI=1S/C36H32N4O7S2/c1-46-32-20-18-28(22-34(32)48(42,43)38-26-14-8-4-9-15-26)37-30-24-31(25-12-6-3-7-13-25)40(36(30)41)29-19-21-33(47-2)35(23-29)49(44,45)39-27-16-10-5-11-17-27/h3-24,31,37-39H,1-2H3. The van der Waals surface area contributed by atoms with Gasteiger partial charge in [-0.2, -0.15) is 0 Å². The van der Waals surface area contributed by atoms with Gasteiger partial charge in [0.1, 0.15) is 27.0 Å². The van der Waals surface area contributed by atoms with Gasteiger partial charge in [-0.3, -0.25) is 19.1 Å². The van der Waals surface area contributed by atoms with E-state index in [1.165, 1.54) is 43.4 Å². The van der Waals surface area contributed by atoms with Crippen molar-refractivity contribution < 1.29 is 31.1 Å². The molecule has 5 aromatic carbocycles. The number of ether oxygens (including phenoxy) is 2. The monoisotopic (exact) mass is 696 g/mol. The minimum atomic E-state index is -4.14. The highest BCUT2D eigenvalue weighted by molar-refractivity contribution is 7.93. The van der Waals surface area contributed by atoms with Crippen LogP contribution in [0.15, 0.2) is 149 Å². The maximum Gasteiger partial charge on any atom is 0.275 e. The van der Waals surface area contributed by atoms with Gasteiger partial charge in [0.15, 0.2) is 0 Å². The zero-order valence-electron chi connectivity index (χ0n) is 26.4. The molecule has 3 N–H and O–H groups in total. The largest absolute Gasteiger partial charge is 0.495 e. The summed E-state index contributed by atoms with van der Waals surface area (Å²) in [5.41, 5.74) is 2.26. The number of benzene rings is 5. The highest BCUT2D eigenvalue weighted by Crippen LogP contribution is 2.40. The number of para-hydroxylation sites is 2. The quantitative estimate of drug-likeness (QED) is 0.136. The molecule has 0 fully saturated rings. The van der Waals surface area contributed by atoms with Crippen LogP contribution in [0.1, 0.15) is 11.6 Å². The molecule has 250 valence electrons. The van der Waals surface area contributed by atoms with Gasteiger partial charge in [0.2, 0.25) is 0 Å². The van der Waals surface area contributed by atoms with Crippen molar-refractivity contribution in [2.75, 3.05) is 33.9 Å². The predicted octanol–water partition coefficient (Wildman–Crippen LogP) is 6.39. The number of methoxy groups -OCH3 is 2. The number of rotatable bonds is 12. The number of sulfonamides is 2. The van der Waals surface area contributed by atoms with E-state index in [1.54, 1.807) is 78.9 Å². The number of carbonyl (C=O) groups excluding carboxylic acids is 1. The number of nitrogens with one attached hydrogen (secondary N) is 3. The molecule has 1 amide bonds. The number of hydrogen-bond acceptors (Lipinski definition) is 8. The highest BCUT2D eigenvalue weighted by Gasteiger charge is 2.36. The molecule has 6 rings (SSSR count). The maximum atomic E-state index is 14.2. The van der Waals surface area contributed by atoms with E-state index in [2.05, 4.69) is 14.8 Å². The number of carbonyl (C=O) groups is 1. The summed E-state index contributed by atoms with van der Waals surface area (Å²) in [7, 11) is -5.49. The Balaban J connectivity index is 1.36. The maximum absolute atomic E-state index is 14.2. The summed E-state index contributed by atoms with van der Waals surface area (Å²) < 4.78 is 69.9. The van der Waals surface area contributed by atoms with Crippen LogP contribution < -0.4 is 29.1 Å². The van der Waals surface area contributed by atoms with Gasteiger partial charge in [-0.25, -0.2) is 16.8 Å². The van der Waals surface area contributed by atoms with Crippen molar-refractivity contribution in [2.24, 2.45) is 0 Å². The summed E-state index contributed by atoms with van der Waals surface area (Å²) in [6.07, 6.45) is 1.71. The number of amides is 1. The molecule has 5 aromatic rings. The Kier molecular flexibility index (Phi) is 9.29. The van der Waals surface area contributed by atoms with Crippen LogP contribution in [0.25, 0.3) is 0 Å². The van der Waals surface area contributed by atoms with E-state index < -0.39 is 32.0 Å². The molecule has 0 spiro atoms. The van der Waals surface area contributed by atoms with E-state index in [9.17, 15) is 21.6 Å². The van der Waals surface area contributed by atoms with Gasteiger partial charge in [0.25, 0.3) is 26.0 Å². The van der Waals surface area contributed by atoms with Gasteiger partial charge in [0.05, 0.1) is 20.3 Å². The summed E-state index contributed by atoms with van der Waals surface area (Å²) in [6, 6.07) is 34.5. The molecule has 11 nitrogen and oxygen atoms in total. The predicted molar refractivity (Wildman–Crippen MR) is 189 cm³/mol. The highest BCUT2D eigenvalue weighted by atomic mass is 32.2. The van der Waals surface area contributed by atoms with Gasteiger partial charge in [0, 0.05) is 22.7 Å². The van der Waals surface area contributed by atoms with Crippen molar-refractivity contribution in [3.05, 3.63) is 145 Å². The van der Waals surface area contributed by atoms with Crippen LogP contribution in [-0.2, 0) is 24.8 Å². The fraction of sp³-hybridized carbons (Fsp3) is 0.0833. The van der Waals surface area contributed by atoms with Crippen molar-refractivity contribution in [3.8, 4) is 11.5 Å². The van der Waals surface area contributed by atoms with Crippen LogP contribution in [0.2, 0.25) is 0 Å². The van der Waals surface area contributed by atoms with Crippen LogP contribution in [0.5, 0.6) is 11.5 Å². The Hall–Kier alpha value is -5.79. The molecule has 1 aliphatic heterocycles. The summed E-state index contributed by atoms with van der Waals surface area (Å²) >= 11 is 0. The molecule has 49 heavy (non-hydrogen) atoms. The molecule has 0 aromatic heterocycles. The van der Waals surface area contributed by atoms with Crippen molar-refractivity contribution >= 4 is 48.7 Å². The minimum Gasteiger partial charge on any atom is -0.495 e. The second-order valence-corrected chi connectivity index (χ2v) is 14.2. The van der Waals surface area contributed by atoms with Crippen LogP contribution in [0.3, 0.4) is 0 Å². The van der Waals surface area contributed by atoms with Gasteiger partial charge >= 0.3 is 0 Å². The molecule has 13 heteroatoms. The molecule has 1 unspecified atom stereocenters. The molecule has 0 radical (unpaired) electrons. The third kappa shape index (κ3) is 7.08. The van der Waals surface area contributed by atoms with Crippen molar-refractivity contribution in [2.45, 2.75) is 15.8 Å². The van der Waals surface area contributed by atoms with Crippen molar-refractivity contribution in [1.29, 1.82) is 0 Å². The SMILES string of the molecule is COc1ccc(NC2=CC(c3ccccc3)N(c3ccc(OC)c(S(=O)(=O)Nc4ccccc4)c3)C2=O)cc1S(=O)(=O)Nc1ccccc1. The second-order valence-electron chi connectivity index (χ2n) is 10.9. The molecule has 1 aliphatic rings. The molecule has 0 saturated heterocycles. The average Bonchev–Trinajstić information content (AvgIpc) is 3.43. The van der Waals surface area contributed by atoms with Gasteiger partial charge < -0.3 is 14.8 Å². The normalized spacial score (nSPS) is 14.6. The number of nitrogens with zero attached hydrogens (tertiary/aromatic N) is 1. The summed E-state index contributed by atoms with van der Waals surface area (Å²) in [6.45, 7) is 0. The second kappa shape index (κ2) is 13.7. The fourth-order valence-electron chi connectivity index (χ4n) is 5.41. The van der Waals surface area contributed by atoms with Crippen LogP contribution in [0, 0.1) is 0 Å². The lowest BCUT2D eigenvalue weighted by atomic mass is 10.1. The van der Waals surface area contributed by atoms with E-state index in [0.29, 0.717) is 22.7 Å². The van der Waals surface area contributed by atoms with E-state index >= 15 is 0 Å². The first kappa shape index (κ1) is 33.1. The minimum absolute atomic E-state index is 0.0949. The van der Waals surface area contributed by atoms with Crippen molar-refractivity contribution in [3.63, 3.8) is 0 Å². The summed E-state index contributed by atoms with van der Waals surface area (Å²) in [5, 5.41) is 3.08. The average molecular weight is 697 g/mol. The van der Waals surface area contributed by atoms with E-state index in [1.807, 2.05) is 30.3 Å². The zero-order valence-corrected chi connectivity index (χ0v) is 28.0. The Labute approximate surface area is 284 Å².